The first kappa shape index (κ1) is 15.9. The monoisotopic (exact) mass is 324 g/mol. The van der Waals surface area contributed by atoms with Gasteiger partial charge in [0.2, 0.25) is 0 Å². The SMILES string of the molecule is Cc1ccc(-c2ccc(C)c(-c3ccc4c(c3C)C=CCC4)c2)cc1. The smallest absolute Gasteiger partial charge is 0.0146 e. The van der Waals surface area contributed by atoms with Crippen molar-refractivity contribution in [1.29, 1.82) is 0 Å². The molecule has 0 heterocycles. The molecule has 0 unspecified atom stereocenters. The molecule has 0 bridgehead atoms. The van der Waals surface area contributed by atoms with Crippen molar-refractivity contribution in [3.63, 3.8) is 0 Å². The molecular formula is C25H24. The van der Waals surface area contributed by atoms with Crippen LogP contribution in [0.1, 0.15) is 34.2 Å². The fourth-order valence-electron chi connectivity index (χ4n) is 3.80. The molecule has 3 aromatic rings. The Kier molecular flexibility index (Phi) is 4.05. The Morgan fingerprint density at radius 2 is 1.48 bits per heavy atom. The van der Waals surface area contributed by atoms with Gasteiger partial charge < -0.3 is 0 Å². The number of hydrogen-bond acceptors (Lipinski definition) is 0. The topological polar surface area (TPSA) is 0 Å². The van der Waals surface area contributed by atoms with E-state index < -0.39 is 0 Å². The van der Waals surface area contributed by atoms with Gasteiger partial charge in [-0.2, -0.15) is 0 Å². The molecule has 0 saturated heterocycles. The number of aryl methyl sites for hydroxylation is 3. The van der Waals surface area contributed by atoms with Gasteiger partial charge in [-0.1, -0.05) is 66.2 Å². The first-order valence-electron chi connectivity index (χ1n) is 9.10. The standard InChI is InChI=1S/C25H24/c1-17-8-11-20(12-9-17)22-13-10-18(2)25(16-22)24-15-14-21-6-4-5-7-23(21)19(24)3/h5,7-16H,4,6H2,1-3H3. The molecule has 0 fully saturated rings. The first-order chi connectivity index (χ1) is 12.1. The third kappa shape index (κ3) is 2.93. The van der Waals surface area contributed by atoms with Crippen LogP contribution in [0.3, 0.4) is 0 Å². The molecule has 1 aliphatic rings. The highest BCUT2D eigenvalue weighted by molar-refractivity contribution is 5.80. The van der Waals surface area contributed by atoms with Gasteiger partial charge in [-0.15, -0.1) is 0 Å². The molecule has 124 valence electrons. The van der Waals surface area contributed by atoms with Crippen LogP contribution in [0.4, 0.5) is 0 Å². The van der Waals surface area contributed by atoms with Gasteiger partial charge in [-0.05, 0) is 84.2 Å². The molecule has 0 N–H and O–H groups in total. The summed E-state index contributed by atoms with van der Waals surface area (Å²) >= 11 is 0. The van der Waals surface area contributed by atoms with Gasteiger partial charge in [-0.25, -0.2) is 0 Å². The summed E-state index contributed by atoms with van der Waals surface area (Å²) in [4.78, 5) is 0. The molecule has 3 aromatic carbocycles. The Morgan fingerprint density at radius 1 is 0.720 bits per heavy atom. The third-order valence-corrected chi connectivity index (χ3v) is 5.38. The van der Waals surface area contributed by atoms with Gasteiger partial charge in [0.1, 0.15) is 0 Å². The Balaban J connectivity index is 1.85. The van der Waals surface area contributed by atoms with Crippen molar-refractivity contribution in [3.8, 4) is 22.3 Å². The van der Waals surface area contributed by atoms with E-state index in [1.807, 2.05) is 0 Å². The number of hydrogen-bond donors (Lipinski definition) is 0. The predicted octanol–water partition coefficient (Wildman–Crippen LogP) is 6.91. The number of benzene rings is 3. The number of rotatable bonds is 2. The van der Waals surface area contributed by atoms with E-state index in [9.17, 15) is 0 Å². The minimum Gasteiger partial charge on any atom is -0.0836 e. The molecule has 0 heteroatoms. The van der Waals surface area contributed by atoms with Crippen LogP contribution >= 0.6 is 0 Å². The normalized spacial score (nSPS) is 12.9. The van der Waals surface area contributed by atoms with E-state index in [-0.39, 0.29) is 0 Å². The first-order valence-corrected chi connectivity index (χ1v) is 9.10. The van der Waals surface area contributed by atoms with Crippen LogP contribution in [0.2, 0.25) is 0 Å². The van der Waals surface area contributed by atoms with E-state index in [0.717, 1.165) is 12.8 Å². The van der Waals surface area contributed by atoms with Crippen molar-refractivity contribution in [1.82, 2.24) is 0 Å². The van der Waals surface area contributed by atoms with E-state index in [1.54, 1.807) is 0 Å². The van der Waals surface area contributed by atoms with E-state index >= 15 is 0 Å². The summed E-state index contributed by atoms with van der Waals surface area (Å²) in [6.45, 7) is 6.61. The summed E-state index contributed by atoms with van der Waals surface area (Å²) in [6.07, 6.45) is 6.93. The van der Waals surface area contributed by atoms with Crippen molar-refractivity contribution in [2.24, 2.45) is 0 Å². The van der Waals surface area contributed by atoms with Crippen molar-refractivity contribution < 1.29 is 0 Å². The molecule has 0 aliphatic heterocycles. The van der Waals surface area contributed by atoms with Crippen LogP contribution in [0, 0.1) is 20.8 Å². The maximum atomic E-state index is 2.35. The van der Waals surface area contributed by atoms with Crippen molar-refractivity contribution in [3.05, 3.63) is 88.5 Å². The minimum absolute atomic E-state index is 1.16. The van der Waals surface area contributed by atoms with E-state index in [0.29, 0.717) is 0 Å². The summed E-state index contributed by atoms with van der Waals surface area (Å²) in [5.41, 5.74) is 12.2. The van der Waals surface area contributed by atoms with E-state index in [1.165, 1.54) is 50.1 Å². The molecular weight excluding hydrogens is 300 g/mol. The highest BCUT2D eigenvalue weighted by Gasteiger charge is 2.13. The average Bonchev–Trinajstić information content (AvgIpc) is 2.64. The van der Waals surface area contributed by atoms with Crippen molar-refractivity contribution >= 4 is 6.08 Å². The van der Waals surface area contributed by atoms with Crippen LogP contribution in [-0.4, -0.2) is 0 Å². The zero-order valence-corrected chi connectivity index (χ0v) is 15.3. The maximum Gasteiger partial charge on any atom is -0.0146 e. The highest BCUT2D eigenvalue weighted by Crippen LogP contribution is 2.35. The summed E-state index contributed by atoms with van der Waals surface area (Å²) < 4.78 is 0. The summed E-state index contributed by atoms with van der Waals surface area (Å²) in [5.74, 6) is 0. The Hall–Kier alpha value is -2.60. The molecule has 0 aromatic heterocycles. The maximum absolute atomic E-state index is 2.35. The summed E-state index contributed by atoms with van der Waals surface area (Å²) in [7, 11) is 0. The second-order valence-corrected chi connectivity index (χ2v) is 7.15. The van der Waals surface area contributed by atoms with E-state index in [2.05, 4.69) is 87.5 Å². The zero-order valence-electron chi connectivity index (χ0n) is 15.3. The third-order valence-electron chi connectivity index (χ3n) is 5.38. The van der Waals surface area contributed by atoms with Gasteiger partial charge in [0, 0.05) is 0 Å². The Labute approximate surface area is 150 Å². The van der Waals surface area contributed by atoms with Gasteiger partial charge >= 0.3 is 0 Å². The Morgan fingerprint density at radius 3 is 2.28 bits per heavy atom. The lowest BCUT2D eigenvalue weighted by molar-refractivity contribution is 0.981. The van der Waals surface area contributed by atoms with Gasteiger partial charge in [0.05, 0.1) is 0 Å². The predicted molar refractivity (Wildman–Crippen MR) is 109 cm³/mol. The lowest BCUT2D eigenvalue weighted by Crippen LogP contribution is -1.99. The lowest BCUT2D eigenvalue weighted by atomic mass is 9.86. The van der Waals surface area contributed by atoms with Gasteiger partial charge in [0.25, 0.3) is 0 Å². The molecule has 0 spiro atoms. The second kappa shape index (κ2) is 6.37. The fourth-order valence-corrected chi connectivity index (χ4v) is 3.80. The molecule has 0 saturated carbocycles. The van der Waals surface area contributed by atoms with Gasteiger partial charge in [0.15, 0.2) is 0 Å². The summed E-state index contributed by atoms with van der Waals surface area (Å²) in [5, 5.41) is 0. The average molecular weight is 324 g/mol. The van der Waals surface area contributed by atoms with Gasteiger partial charge in [-0.3, -0.25) is 0 Å². The molecule has 1 aliphatic carbocycles. The lowest BCUT2D eigenvalue weighted by Gasteiger charge is -2.18. The zero-order chi connectivity index (χ0) is 17.4. The molecule has 0 radical (unpaired) electrons. The van der Waals surface area contributed by atoms with Crippen LogP contribution in [-0.2, 0) is 6.42 Å². The van der Waals surface area contributed by atoms with E-state index in [4.69, 9.17) is 0 Å². The molecule has 0 atom stereocenters. The molecule has 0 nitrogen and oxygen atoms in total. The fraction of sp³-hybridized carbons (Fsp3) is 0.200. The summed E-state index contributed by atoms with van der Waals surface area (Å²) in [6, 6.07) is 20.3. The molecule has 0 amide bonds. The largest absolute Gasteiger partial charge is 0.0836 e. The van der Waals surface area contributed by atoms with Crippen LogP contribution in [0.5, 0.6) is 0 Å². The van der Waals surface area contributed by atoms with Crippen LogP contribution in [0.15, 0.2) is 60.7 Å². The van der Waals surface area contributed by atoms with Crippen LogP contribution in [0.25, 0.3) is 28.3 Å². The number of allylic oxidation sites excluding steroid dienone is 1. The highest BCUT2D eigenvalue weighted by atomic mass is 14.2. The van der Waals surface area contributed by atoms with Crippen molar-refractivity contribution in [2.75, 3.05) is 0 Å². The number of fused-ring (bicyclic) bond motifs is 1. The quantitative estimate of drug-likeness (QED) is 0.480. The molecule has 4 rings (SSSR count). The van der Waals surface area contributed by atoms with Crippen molar-refractivity contribution in [2.45, 2.75) is 33.6 Å². The molecule has 25 heavy (non-hydrogen) atoms. The minimum atomic E-state index is 1.16. The van der Waals surface area contributed by atoms with Crippen LogP contribution < -0.4 is 0 Å². The second-order valence-electron chi connectivity index (χ2n) is 7.15. The Bertz CT molecular complexity index is 956.